The number of carbonyl (C=O) groups is 1. The minimum atomic E-state index is -0.129. The Bertz CT molecular complexity index is 1160. The van der Waals surface area contributed by atoms with Gasteiger partial charge in [-0.05, 0) is 44.0 Å². The zero-order valence-electron chi connectivity index (χ0n) is 16.8. The molecule has 148 valence electrons. The molecule has 0 aliphatic heterocycles. The lowest BCUT2D eigenvalue weighted by Gasteiger charge is -2.14. The highest BCUT2D eigenvalue weighted by Crippen LogP contribution is 2.31. The molecule has 1 N–H and O–H groups in total. The van der Waals surface area contributed by atoms with Gasteiger partial charge in [0.05, 0.1) is 16.6 Å². The van der Waals surface area contributed by atoms with E-state index >= 15 is 0 Å². The fourth-order valence-corrected chi connectivity index (χ4v) is 4.53. The summed E-state index contributed by atoms with van der Waals surface area (Å²) >= 11 is 1.43. The van der Waals surface area contributed by atoms with Gasteiger partial charge in [-0.1, -0.05) is 19.1 Å². The van der Waals surface area contributed by atoms with Crippen molar-refractivity contribution >= 4 is 27.5 Å². The van der Waals surface area contributed by atoms with Gasteiger partial charge in [0.1, 0.15) is 23.3 Å². The van der Waals surface area contributed by atoms with Gasteiger partial charge in [-0.3, -0.25) is 4.79 Å². The molecule has 7 nitrogen and oxygen atoms in total. The van der Waals surface area contributed by atoms with Crippen molar-refractivity contribution in [1.82, 2.24) is 30.0 Å². The van der Waals surface area contributed by atoms with Gasteiger partial charge in [0.2, 0.25) is 0 Å². The molecule has 0 saturated heterocycles. The summed E-state index contributed by atoms with van der Waals surface area (Å²) in [7, 11) is 0. The van der Waals surface area contributed by atoms with E-state index < -0.39 is 0 Å². The molecular formula is C21H22N6OS. The van der Waals surface area contributed by atoms with Crippen LogP contribution in [0.4, 0.5) is 0 Å². The first-order valence-electron chi connectivity index (χ1n) is 9.50. The van der Waals surface area contributed by atoms with Crippen LogP contribution in [0.15, 0.2) is 36.9 Å². The Morgan fingerprint density at radius 2 is 1.97 bits per heavy atom. The summed E-state index contributed by atoms with van der Waals surface area (Å²) in [5.41, 5.74) is 3.81. The smallest absolute Gasteiger partial charge is 0.262 e. The largest absolute Gasteiger partial charge is 0.345 e. The Balaban J connectivity index is 1.56. The summed E-state index contributed by atoms with van der Waals surface area (Å²) < 4.78 is 1.70. The van der Waals surface area contributed by atoms with Gasteiger partial charge in [-0.15, -0.1) is 11.3 Å². The highest BCUT2D eigenvalue weighted by atomic mass is 32.1. The molecule has 8 heteroatoms. The van der Waals surface area contributed by atoms with Crippen molar-refractivity contribution in [3.63, 3.8) is 0 Å². The minimum absolute atomic E-state index is 0.0872. The quantitative estimate of drug-likeness (QED) is 0.542. The summed E-state index contributed by atoms with van der Waals surface area (Å²) in [6.45, 7) is 7.95. The molecule has 0 aliphatic rings. The van der Waals surface area contributed by atoms with Crippen LogP contribution >= 0.6 is 11.3 Å². The van der Waals surface area contributed by atoms with Crippen LogP contribution < -0.4 is 5.32 Å². The molecule has 0 saturated carbocycles. The fraction of sp³-hybridized carbons (Fsp3) is 0.286. The molecule has 29 heavy (non-hydrogen) atoms. The van der Waals surface area contributed by atoms with E-state index in [1.54, 1.807) is 11.0 Å². The molecule has 1 amide bonds. The second-order valence-electron chi connectivity index (χ2n) is 6.94. The third kappa shape index (κ3) is 3.63. The van der Waals surface area contributed by atoms with Gasteiger partial charge in [0, 0.05) is 17.5 Å². The number of thiophene rings is 1. The van der Waals surface area contributed by atoms with Gasteiger partial charge < -0.3 is 5.32 Å². The van der Waals surface area contributed by atoms with Crippen molar-refractivity contribution in [3.05, 3.63) is 64.4 Å². The first kappa shape index (κ1) is 19.2. The molecule has 3 heterocycles. The van der Waals surface area contributed by atoms with E-state index in [-0.39, 0.29) is 11.9 Å². The lowest BCUT2D eigenvalue weighted by atomic mass is 10.1. The summed E-state index contributed by atoms with van der Waals surface area (Å²) in [4.78, 5) is 27.6. The number of fused-ring (bicyclic) bond motifs is 1. The van der Waals surface area contributed by atoms with Crippen LogP contribution in [0.25, 0.3) is 15.9 Å². The number of hydrogen-bond donors (Lipinski definition) is 1. The molecular weight excluding hydrogens is 384 g/mol. The van der Waals surface area contributed by atoms with Gasteiger partial charge >= 0.3 is 0 Å². The first-order chi connectivity index (χ1) is 14.0. The molecule has 1 aromatic carbocycles. The highest BCUT2D eigenvalue weighted by Gasteiger charge is 2.20. The van der Waals surface area contributed by atoms with Crippen LogP contribution in [0.3, 0.4) is 0 Å². The molecule has 1 unspecified atom stereocenters. The topological polar surface area (TPSA) is 85.6 Å². The number of rotatable bonds is 5. The van der Waals surface area contributed by atoms with E-state index in [1.165, 1.54) is 17.7 Å². The Morgan fingerprint density at radius 3 is 2.62 bits per heavy atom. The predicted octanol–water partition coefficient (Wildman–Crippen LogP) is 3.94. The third-order valence-electron chi connectivity index (χ3n) is 4.96. The minimum Gasteiger partial charge on any atom is -0.345 e. The van der Waals surface area contributed by atoms with Crippen molar-refractivity contribution in [2.75, 3.05) is 0 Å². The number of carbonyl (C=O) groups excluding carboxylic acids is 1. The van der Waals surface area contributed by atoms with Crippen molar-refractivity contribution in [2.24, 2.45) is 0 Å². The maximum absolute atomic E-state index is 13.0. The molecule has 0 aliphatic carbocycles. The van der Waals surface area contributed by atoms with E-state index in [9.17, 15) is 4.79 Å². The van der Waals surface area contributed by atoms with Crippen molar-refractivity contribution in [3.8, 4) is 5.69 Å². The van der Waals surface area contributed by atoms with E-state index in [2.05, 4.69) is 25.4 Å². The second kappa shape index (κ2) is 7.71. The average Bonchev–Trinajstić information content (AvgIpc) is 3.36. The van der Waals surface area contributed by atoms with E-state index in [1.807, 2.05) is 52.0 Å². The summed E-state index contributed by atoms with van der Waals surface area (Å²) in [5.74, 6) is 0.722. The Morgan fingerprint density at radius 1 is 1.21 bits per heavy atom. The lowest BCUT2D eigenvalue weighted by Crippen LogP contribution is -2.26. The number of amides is 1. The number of aromatic nitrogens is 5. The normalized spacial score (nSPS) is 12.3. The van der Waals surface area contributed by atoms with Crippen LogP contribution in [-0.4, -0.2) is 30.6 Å². The monoisotopic (exact) mass is 406 g/mol. The van der Waals surface area contributed by atoms with Gasteiger partial charge in [-0.25, -0.2) is 19.6 Å². The highest BCUT2D eigenvalue weighted by molar-refractivity contribution is 7.20. The fourth-order valence-electron chi connectivity index (χ4n) is 3.37. The number of nitrogens with one attached hydrogen (secondary N) is 1. The van der Waals surface area contributed by atoms with Crippen molar-refractivity contribution in [1.29, 1.82) is 0 Å². The average molecular weight is 407 g/mol. The van der Waals surface area contributed by atoms with Crippen molar-refractivity contribution in [2.45, 2.75) is 40.2 Å². The molecule has 1 atom stereocenters. The summed E-state index contributed by atoms with van der Waals surface area (Å²) in [6.07, 6.45) is 3.93. The van der Waals surface area contributed by atoms with Crippen LogP contribution in [0.5, 0.6) is 0 Å². The van der Waals surface area contributed by atoms with Crippen LogP contribution in [0.2, 0.25) is 0 Å². The Kier molecular flexibility index (Phi) is 5.10. The summed E-state index contributed by atoms with van der Waals surface area (Å²) in [5, 5.41) is 8.22. The van der Waals surface area contributed by atoms with E-state index in [0.29, 0.717) is 4.88 Å². The maximum atomic E-state index is 13.0. The molecule has 0 spiro atoms. The van der Waals surface area contributed by atoms with Gasteiger partial charge in [0.15, 0.2) is 0 Å². The van der Waals surface area contributed by atoms with Gasteiger partial charge in [0.25, 0.3) is 5.91 Å². The van der Waals surface area contributed by atoms with Crippen molar-refractivity contribution < 1.29 is 4.79 Å². The number of nitrogens with zero attached hydrogens (tertiary/aromatic N) is 5. The van der Waals surface area contributed by atoms with Crippen LogP contribution in [-0.2, 0) is 6.42 Å². The zero-order valence-corrected chi connectivity index (χ0v) is 17.6. The molecule has 0 radical (unpaired) electrons. The predicted molar refractivity (Wildman–Crippen MR) is 114 cm³/mol. The maximum Gasteiger partial charge on any atom is 0.262 e. The molecule has 0 bridgehead atoms. The molecule has 0 fully saturated rings. The third-order valence-corrected chi connectivity index (χ3v) is 6.15. The van der Waals surface area contributed by atoms with Crippen LogP contribution in [0.1, 0.15) is 52.2 Å². The standard InChI is InChI=1S/C21H22N6OS/c1-5-17-24-14(4)18-12(2)19(29-21(18)26-17)20(28)25-13(3)15-6-8-16(9-7-15)27-11-22-10-23-27/h6-11,13H,5H2,1-4H3,(H,25,28). The van der Waals surface area contributed by atoms with Crippen LogP contribution in [0, 0.1) is 13.8 Å². The Hall–Kier alpha value is -3.13. The second-order valence-corrected chi connectivity index (χ2v) is 7.94. The number of aryl methyl sites for hydroxylation is 3. The summed E-state index contributed by atoms with van der Waals surface area (Å²) in [6, 6.07) is 7.77. The molecule has 4 aromatic rings. The number of hydrogen-bond acceptors (Lipinski definition) is 6. The molecule has 4 rings (SSSR count). The first-order valence-corrected chi connectivity index (χ1v) is 10.3. The Labute approximate surface area is 172 Å². The van der Waals surface area contributed by atoms with E-state index in [4.69, 9.17) is 0 Å². The zero-order chi connectivity index (χ0) is 20.5. The lowest BCUT2D eigenvalue weighted by molar-refractivity contribution is 0.0943. The van der Waals surface area contributed by atoms with Gasteiger partial charge in [-0.2, -0.15) is 5.10 Å². The molecule has 3 aromatic heterocycles. The number of benzene rings is 1. The SMILES string of the molecule is CCc1nc(C)c2c(C)c(C(=O)NC(C)c3ccc(-n4cncn4)cc3)sc2n1. The van der Waals surface area contributed by atoms with E-state index in [0.717, 1.165) is 45.0 Å².